The van der Waals surface area contributed by atoms with Gasteiger partial charge in [-0.1, -0.05) is 0 Å². The molecule has 1 fully saturated rings. The van der Waals surface area contributed by atoms with Crippen LogP contribution in [0.3, 0.4) is 0 Å². The van der Waals surface area contributed by atoms with Crippen molar-refractivity contribution in [3.05, 3.63) is 24.3 Å². The summed E-state index contributed by atoms with van der Waals surface area (Å²) in [5.74, 6) is -3.49. The number of piperidine rings is 1. The first kappa shape index (κ1) is 16.3. The van der Waals surface area contributed by atoms with E-state index in [1.807, 2.05) is 0 Å². The van der Waals surface area contributed by atoms with Crippen molar-refractivity contribution in [3.8, 4) is 11.5 Å². The minimum Gasteiger partial charge on any atom is -0.410 e. The topological polar surface area (TPSA) is 38.8 Å². The Morgan fingerprint density at radius 1 is 1.14 bits per heavy atom. The molecule has 1 amide bonds. The highest BCUT2D eigenvalue weighted by Gasteiger charge is 2.37. The first-order valence-corrected chi connectivity index (χ1v) is 6.35. The summed E-state index contributed by atoms with van der Waals surface area (Å²) in [6.07, 6.45) is -5.93. The van der Waals surface area contributed by atoms with Crippen molar-refractivity contribution in [2.45, 2.75) is 25.1 Å². The van der Waals surface area contributed by atoms with E-state index < -0.39 is 30.7 Å². The molecule has 0 aliphatic carbocycles. The van der Waals surface area contributed by atoms with Crippen molar-refractivity contribution >= 4 is 6.09 Å². The molecule has 0 bridgehead atoms. The number of hydrogen-bond acceptors (Lipinski definition) is 3. The fourth-order valence-electron chi connectivity index (χ4n) is 2.00. The third-order valence-electron chi connectivity index (χ3n) is 2.91. The van der Waals surface area contributed by atoms with Crippen LogP contribution in [0.25, 0.3) is 0 Å². The average Bonchev–Trinajstić information content (AvgIpc) is 2.38. The third kappa shape index (κ3) is 4.74. The van der Waals surface area contributed by atoms with Crippen LogP contribution in [0.4, 0.5) is 26.7 Å². The summed E-state index contributed by atoms with van der Waals surface area (Å²) in [6, 6.07) is 4.09. The molecular weight excluding hydrogens is 313 g/mol. The van der Waals surface area contributed by atoms with E-state index in [4.69, 9.17) is 4.74 Å². The van der Waals surface area contributed by atoms with Gasteiger partial charge in [0, 0.05) is 13.0 Å². The molecular formula is C13H12F5NO3. The lowest BCUT2D eigenvalue weighted by Gasteiger charge is -2.31. The zero-order chi connectivity index (χ0) is 16.4. The van der Waals surface area contributed by atoms with Gasteiger partial charge in [-0.25, -0.2) is 13.6 Å². The molecule has 0 N–H and O–H groups in total. The highest BCUT2D eigenvalue weighted by atomic mass is 19.4. The fourth-order valence-corrected chi connectivity index (χ4v) is 2.00. The molecule has 0 aromatic heterocycles. The van der Waals surface area contributed by atoms with E-state index in [1.54, 1.807) is 0 Å². The van der Waals surface area contributed by atoms with Gasteiger partial charge in [-0.05, 0) is 30.7 Å². The zero-order valence-corrected chi connectivity index (χ0v) is 11.2. The number of halogens is 5. The Bertz CT molecular complexity index is 529. The van der Waals surface area contributed by atoms with Crippen LogP contribution in [0, 0.1) is 0 Å². The molecule has 122 valence electrons. The van der Waals surface area contributed by atoms with Gasteiger partial charge in [0.05, 0.1) is 6.54 Å². The Hall–Kier alpha value is -2.06. The lowest BCUT2D eigenvalue weighted by atomic mass is 10.1. The Labute approximate surface area is 122 Å². The highest BCUT2D eigenvalue weighted by molar-refractivity contribution is 5.71. The van der Waals surface area contributed by atoms with Crippen molar-refractivity contribution in [3.63, 3.8) is 0 Å². The van der Waals surface area contributed by atoms with Crippen LogP contribution in [0.2, 0.25) is 0 Å². The number of hydrogen-bond donors (Lipinski definition) is 0. The third-order valence-corrected chi connectivity index (χ3v) is 2.91. The van der Waals surface area contributed by atoms with E-state index in [0.29, 0.717) is 0 Å². The van der Waals surface area contributed by atoms with Gasteiger partial charge < -0.3 is 14.4 Å². The molecule has 0 radical (unpaired) electrons. The van der Waals surface area contributed by atoms with Crippen molar-refractivity contribution in [1.29, 1.82) is 0 Å². The summed E-state index contributed by atoms with van der Waals surface area (Å²) in [6.45, 7) is -0.592. The van der Waals surface area contributed by atoms with E-state index in [0.717, 1.165) is 29.2 Å². The number of amides is 1. The number of carbonyl (C=O) groups excluding carboxylic acids is 1. The van der Waals surface area contributed by atoms with Crippen LogP contribution in [-0.2, 0) is 0 Å². The zero-order valence-electron chi connectivity index (χ0n) is 11.2. The monoisotopic (exact) mass is 325 g/mol. The first-order chi connectivity index (χ1) is 10.1. The van der Waals surface area contributed by atoms with Crippen LogP contribution in [0.5, 0.6) is 11.5 Å². The molecule has 0 saturated carbocycles. The normalized spacial score (nSPS) is 18.0. The fraction of sp³-hybridized carbons (Fsp3) is 0.462. The number of rotatable bonds is 2. The molecule has 2 rings (SSSR count). The lowest BCUT2D eigenvalue weighted by molar-refractivity contribution is -0.274. The molecule has 1 aliphatic rings. The second kappa shape index (κ2) is 5.98. The molecule has 1 heterocycles. The van der Waals surface area contributed by atoms with E-state index >= 15 is 0 Å². The Kier molecular flexibility index (Phi) is 4.43. The predicted octanol–water partition coefficient (Wildman–Crippen LogP) is 3.82. The number of ether oxygens (including phenoxy) is 2. The Morgan fingerprint density at radius 3 is 2.27 bits per heavy atom. The van der Waals surface area contributed by atoms with Crippen LogP contribution in [0.1, 0.15) is 12.8 Å². The van der Waals surface area contributed by atoms with Crippen LogP contribution in [0.15, 0.2) is 24.3 Å². The molecule has 1 aromatic rings. The van der Waals surface area contributed by atoms with Gasteiger partial charge in [-0.3, -0.25) is 0 Å². The summed E-state index contributed by atoms with van der Waals surface area (Å²) in [5.41, 5.74) is 0. The first-order valence-electron chi connectivity index (χ1n) is 6.35. The standard InChI is InChI=1S/C13H12F5NO3/c14-12(15)6-1-7-19(8-12)11(20)21-9-2-4-10(5-3-9)22-13(16,17)18/h2-5H,1,6-8H2. The average molecular weight is 325 g/mol. The minimum absolute atomic E-state index is 0.0617. The van der Waals surface area contributed by atoms with Crippen molar-refractivity contribution in [2.24, 2.45) is 0 Å². The molecule has 0 atom stereocenters. The van der Waals surface area contributed by atoms with E-state index in [-0.39, 0.29) is 25.1 Å². The van der Waals surface area contributed by atoms with Gasteiger partial charge in [0.15, 0.2) is 0 Å². The van der Waals surface area contributed by atoms with Crippen LogP contribution >= 0.6 is 0 Å². The van der Waals surface area contributed by atoms with Crippen molar-refractivity contribution in [2.75, 3.05) is 13.1 Å². The van der Waals surface area contributed by atoms with E-state index in [1.165, 1.54) is 0 Å². The molecule has 1 aliphatic heterocycles. The maximum Gasteiger partial charge on any atom is 0.573 e. The molecule has 1 saturated heterocycles. The van der Waals surface area contributed by atoms with Gasteiger partial charge in [-0.2, -0.15) is 0 Å². The van der Waals surface area contributed by atoms with Gasteiger partial charge in [0.1, 0.15) is 11.5 Å². The lowest BCUT2D eigenvalue weighted by Crippen LogP contribution is -2.46. The quantitative estimate of drug-likeness (QED) is 0.776. The molecule has 22 heavy (non-hydrogen) atoms. The van der Waals surface area contributed by atoms with Crippen molar-refractivity contribution < 1.29 is 36.2 Å². The van der Waals surface area contributed by atoms with E-state index in [2.05, 4.69) is 4.74 Å². The largest absolute Gasteiger partial charge is 0.573 e. The summed E-state index contributed by atoms with van der Waals surface area (Å²) in [4.78, 5) is 12.6. The van der Waals surface area contributed by atoms with Crippen LogP contribution < -0.4 is 9.47 Å². The molecule has 0 unspecified atom stereocenters. The number of likely N-dealkylation sites (tertiary alicyclic amines) is 1. The Balaban J connectivity index is 1.94. The summed E-state index contributed by atoms with van der Waals surface area (Å²) in [5, 5.41) is 0. The van der Waals surface area contributed by atoms with Gasteiger partial charge in [0.25, 0.3) is 5.92 Å². The number of carbonyl (C=O) groups is 1. The van der Waals surface area contributed by atoms with Gasteiger partial charge in [-0.15, -0.1) is 13.2 Å². The molecule has 1 aromatic carbocycles. The minimum atomic E-state index is -4.82. The van der Waals surface area contributed by atoms with Crippen LogP contribution in [-0.4, -0.2) is 36.4 Å². The molecule has 4 nitrogen and oxygen atoms in total. The SMILES string of the molecule is O=C(Oc1ccc(OC(F)(F)F)cc1)N1CCCC(F)(F)C1. The highest BCUT2D eigenvalue weighted by Crippen LogP contribution is 2.28. The summed E-state index contributed by atoms with van der Waals surface area (Å²) >= 11 is 0. The van der Waals surface area contributed by atoms with Gasteiger partial charge >= 0.3 is 12.5 Å². The maximum absolute atomic E-state index is 13.2. The van der Waals surface area contributed by atoms with Crippen molar-refractivity contribution in [1.82, 2.24) is 4.90 Å². The second-order valence-electron chi connectivity index (χ2n) is 4.77. The number of nitrogens with zero attached hydrogens (tertiary/aromatic N) is 1. The summed E-state index contributed by atoms with van der Waals surface area (Å²) < 4.78 is 70.8. The summed E-state index contributed by atoms with van der Waals surface area (Å²) in [7, 11) is 0. The number of alkyl halides is 5. The predicted molar refractivity (Wildman–Crippen MR) is 64.9 cm³/mol. The van der Waals surface area contributed by atoms with E-state index in [9.17, 15) is 26.7 Å². The maximum atomic E-state index is 13.2. The molecule has 0 spiro atoms. The van der Waals surface area contributed by atoms with Gasteiger partial charge in [0.2, 0.25) is 0 Å². The molecule has 9 heteroatoms. The Morgan fingerprint density at radius 2 is 1.73 bits per heavy atom. The number of benzene rings is 1. The second-order valence-corrected chi connectivity index (χ2v) is 4.77. The smallest absolute Gasteiger partial charge is 0.410 e.